The lowest BCUT2D eigenvalue weighted by atomic mass is 10.6. The largest absolute Gasteiger partial charge is 0.284 e. The molecule has 3 N–H and O–H groups in total. The standard InChI is InChI=1S/C3H6N2OS/c1-2-3(6)5-7-4/h2H,1,4H2,(H,5,6). The van der Waals surface area contributed by atoms with Crippen molar-refractivity contribution in [3.05, 3.63) is 12.7 Å². The summed E-state index contributed by atoms with van der Waals surface area (Å²) in [5.41, 5.74) is 0. The summed E-state index contributed by atoms with van der Waals surface area (Å²) in [4.78, 5) is 10.1. The molecule has 0 aromatic carbocycles. The molecule has 0 radical (unpaired) electrons. The van der Waals surface area contributed by atoms with Gasteiger partial charge in [-0.2, -0.15) is 0 Å². The number of hydrogen-bond donors (Lipinski definition) is 2. The molecule has 0 aliphatic carbocycles. The second-order valence-corrected chi connectivity index (χ2v) is 1.23. The number of hydrogen-bond acceptors (Lipinski definition) is 3. The van der Waals surface area contributed by atoms with Crippen LogP contribution in [0.25, 0.3) is 0 Å². The van der Waals surface area contributed by atoms with Crippen molar-refractivity contribution in [3.8, 4) is 0 Å². The zero-order chi connectivity index (χ0) is 5.70. The number of carbonyl (C=O) groups excluding carboxylic acids is 1. The first kappa shape index (κ1) is 6.52. The first-order valence-corrected chi connectivity index (χ1v) is 2.47. The SMILES string of the molecule is C=CC(=O)NSN. The van der Waals surface area contributed by atoms with Crippen LogP contribution in [-0.4, -0.2) is 5.91 Å². The molecule has 0 bridgehead atoms. The van der Waals surface area contributed by atoms with Gasteiger partial charge in [0, 0.05) is 12.1 Å². The Morgan fingerprint density at radius 1 is 2.00 bits per heavy atom. The maximum atomic E-state index is 10.1. The molecule has 3 nitrogen and oxygen atoms in total. The van der Waals surface area contributed by atoms with Gasteiger partial charge in [-0.05, 0) is 6.08 Å². The fraction of sp³-hybridized carbons (Fsp3) is 0. The van der Waals surface area contributed by atoms with Gasteiger partial charge in [0.25, 0.3) is 5.91 Å². The number of amides is 1. The molecule has 0 rings (SSSR count). The smallest absolute Gasteiger partial charge is 0.254 e. The Balaban J connectivity index is 3.17. The van der Waals surface area contributed by atoms with Gasteiger partial charge in [-0.25, -0.2) is 0 Å². The van der Waals surface area contributed by atoms with E-state index in [9.17, 15) is 4.79 Å². The third kappa shape index (κ3) is 3.35. The molecule has 0 atom stereocenters. The van der Waals surface area contributed by atoms with Crippen LogP contribution in [0.2, 0.25) is 0 Å². The average Bonchev–Trinajstić information content (AvgIpc) is 1.68. The maximum Gasteiger partial charge on any atom is 0.254 e. The highest BCUT2D eigenvalue weighted by Gasteiger charge is 1.85. The van der Waals surface area contributed by atoms with E-state index in [0.717, 1.165) is 18.2 Å². The van der Waals surface area contributed by atoms with Crippen LogP contribution >= 0.6 is 12.1 Å². The normalized spacial score (nSPS) is 7.57. The van der Waals surface area contributed by atoms with Gasteiger partial charge in [-0.1, -0.05) is 6.58 Å². The van der Waals surface area contributed by atoms with Gasteiger partial charge in [0.1, 0.15) is 0 Å². The summed E-state index contributed by atoms with van der Waals surface area (Å²) in [5.74, 6) is -0.271. The number of rotatable bonds is 2. The minimum atomic E-state index is -0.271. The summed E-state index contributed by atoms with van der Waals surface area (Å²) in [7, 11) is 0. The Morgan fingerprint density at radius 3 is 2.71 bits per heavy atom. The lowest BCUT2D eigenvalue weighted by Gasteiger charge is -1.88. The van der Waals surface area contributed by atoms with Crippen LogP contribution < -0.4 is 9.86 Å². The molecule has 4 heteroatoms. The molecule has 0 heterocycles. The van der Waals surface area contributed by atoms with Crippen LogP contribution in [0, 0.1) is 0 Å². The highest BCUT2D eigenvalue weighted by Crippen LogP contribution is 1.73. The quantitative estimate of drug-likeness (QED) is 0.390. The van der Waals surface area contributed by atoms with Crippen LogP contribution in [-0.2, 0) is 4.79 Å². The van der Waals surface area contributed by atoms with Crippen LogP contribution in [0.4, 0.5) is 0 Å². The molecule has 0 spiro atoms. The lowest BCUT2D eigenvalue weighted by molar-refractivity contribution is -0.114. The minimum Gasteiger partial charge on any atom is -0.284 e. The summed E-state index contributed by atoms with van der Waals surface area (Å²) < 4.78 is 2.23. The molecule has 40 valence electrons. The molecule has 0 fully saturated rings. The molecule has 0 saturated carbocycles. The Labute approximate surface area is 46.2 Å². The molecule has 0 aliphatic rings. The second-order valence-electron chi connectivity index (χ2n) is 0.788. The van der Waals surface area contributed by atoms with Crippen molar-refractivity contribution >= 4 is 18.0 Å². The van der Waals surface area contributed by atoms with Crippen LogP contribution in [0.3, 0.4) is 0 Å². The summed E-state index contributed by atoms with van der Waals surface area (Å²) >= 11 is 0.764. The van der Waals surface area contributed by atoms with Gasteiger partial charge in [0.15, 0.2) is 0 Å². The molecule has 0 saturated heterocycles. The zero-order valence-corrected chi connectivity index (χ0v) is 4.49. The Hall–Kier alpha value is -0.480. The number of carbonyl (C=O) groups is 1. The monoisotopic (exact) mass is 118 g/mol. The van der Waals surface area contributed by atoms with E-state index in [0.29, 0.717) is 0 Å². The van der Waals surface area contributed by atoms with E-state index in [-0.39, 0.29) is 5.91 Å². The third-order valence-corrected chi connectivity index (χ3v) is 0.664. The van der Waals surface area contributed by atoms with Crippen molar-refractivity contribution < 1.29 is 4.79 Å². The lowest BCUT2D eigenvalue weighted by Crippen LogP contribution is -2.13. The van der Waals surface area contributed by atoms with Gasteiger partial charge in [-0.15, -0.1) is 0 Å². The Kier molecular flexibility index (Phi) is 3.45. The van der Waals surface area contributed by atoms with Crippen LogP contribution in [0.15, 0.2) is 12.7 Å². The topological polar surface area (TPSA) is 55.1 Å². The summed E-state index contributed by atoms with van der Waals surface area (Å²) in [5, 5.41) is 4.84. The molecular weight excluding hydrogens is 112 g/mol. The Bertz CT molecular complexity index is 83.0. The van der Waals surface area contributed by atoms with Gasteiger partial charge < -0.3 is 0 Å². The zero-order valence-electron chi connectivity index (χ0n) is 3.68. The molecule has 0 aliphatic heterocycles. The minimum absolute atomic E-state index is 0.271. The van der Waals surface area contributed by atoms with Crippen LogP contribution in [0.5, 0.6) is 0 Å². The molecule has 0 aromatic heterocycles. The highest BCUT2D eigenvalue weighted by molar-refractivity contribution is 7.95. The fourth-order valence-corrected chi connectivity index (χ4v) is 0.299. The summed E-state index contributed by atoms with van der Waals surface area (Å²) in [6.07, 6.45) is 1.15. The molecule has 0 aromatic rings. The third-order valence-electron chi connectivity index (χ3n) is 0.345. The predicted molar refractivity (Wildman–Crippen MR) is 30.1 cm³/mol. The Morgan fingerprint density at radius 2 is 2.57 bits per heavy atom. The summed E-state index contributed by atoms with van der Waals surface area (Å²) in [6, 6.07) is 0. The fourth-order valence-electron chi connectivity index (χ4n) is 0.0997. The van der Waals surface area contributed by atoms with E-state index in [1.165, 1.54) is 0 Å². The van der Waals surface area contributed by atoms with E-state index in [1.54, 1.807) is 0 Å². The molecule has 1 amide bonds. The second kappa shape index (κ2) is 3.70. The van der Waals surface area contributed by atoms with Gasteiger partial charge >= 0.3 is 0 Å². The van der Waals surface area contributed by atoms with Gasteiger partial charge in [0.2, 0.25) is 0 Å². The van der Waals surface area contributed by atoms with Crippen molar-refractivity contribution in [1.29, 1.82) is 0 Å². The number of nitrogens with one attached hydrogen (secondary N) is 1. The molecular formula is C3H6N2OS. The first-order valence-electron chi connectivity index (χ1n) is 1.59. The maximum absolute atomic E-state index is 10.1. The van der Waals surface area contributed by atoms with E-state index in [4.69, 9.17) is 5.14 Å². The van der Waals surface area contributed by atoms with E-state index in [2.05, 4.69) is 11.3 Å². The van der Waals surface area contributed by atoms with E-state index < -0.39 is 0 Å². The van der Waals surface area contributed by atoms with Crippen molar-refractivity contribution in [3.63, 3.8) is 0 Å². The number of nitrogens with two attached hydrogens (primary N) is 1. The van der Waals surface area contributed by atoms with Gasteiger partial charge in [-0.3, -0.25) is 14.7 Å². The van der Waals surface area contributed by atoms with Crippen molar-refractivity contribution in [2.45, 2.75) is 0 Å². The van der Waals surface area contributed by atoms with E-state index in [1.807, 2.05) is 0 Å². The molecule has 7 heavy (non-hydrogen) atoms. The van der Waals surface area contributed by atoms with Crippen molar-refractivity contribution in [2.75, 3.05) is 0 Å². The predicted octanol–water partition coefficient (Wildman–Crippen LogP) is -0.189. The molecule has 0 unspecified atom stereocenters. The first-order chi connectivity index (χ1) is 3.31. The van der Waals surface area contributed by atoms with Crippen molar-refractivity contribution in [2.24, 2.45) is 5.14 Å². The van der Waals surface area contributed by atoms with Crippen molar-refractivity contribution in [1.82, 2.24) is 4.72 Å². The van der Waals surface area contributed by atoms with Gasteiger partial charge in [0.05, 0.1) is 0 Å². The summed E-state index contributed by atoms with van der Waals surface area (Å²) in [6.45, 7) is 3.20. The highest BCUT2D eigenvalue weighted by atomic mass is 32.2. The van der Waals surface area contributed by atoms with E-state index >= 15 is 0 Å². The average molecular weight is 118 g/mol. The van der Waals surface area contributed by atoms with Crippen LogP contribution in [0.1, 0.15) is 0 Å².